The first-order valence-corrected chi connectivity index (χ1v) is 10.2. The molecule has 1 aromatic rings. The van der Waals surface area contributed by atoms with Gasteiger partial charge in [0, 0.05) is 7.11 Å². The molecule has 4 rings (SSSR count). The third kappa shape index (κ3) is 3.80. The van der Waals surface area contributed by atoms with Crippen LogP contribution in [0.2, 0.25) is 0 Å². The molecule has 1 aromatic carbocycles. The molecule has 1 fully saturated rings. The Kier molecular flexibility index (Phi) is 5.06. The smallest absolute Gasteiger partial charge is 0.0932 e. The van der Waals surface area contributed by atoms with Crippen LogP contribution in [0.5, 0.6) is 0 Å². The van der Waals surface area contributed by atoms with Crippen molar-refractivity contribution in [3.8, 4) is 11.1 Å². The van der Waals surface area contributed by atoms with Crippen LogP contribution < -0.4 is 0 Å². The third-order valence-corrected chi connectivity index (χ3v) is 6.20. The lowest BCUT2D eigenvalue weighted by molar-refractivity contribution is -0.0725. The van der Waals surface area contributed by atoms with Crippen molar-refractivity contribution in [2.24, 2.45) is 11.8 Å². The normalized spacial score (nSPS) is 25.6. The summed E-state index contributed by atoms with van der Waals surface area (Å²) in [5.74, 6) is 1.41. The number of benzene rings is 1. The van der Waals surface area contributed by atoms with Crippen molar-refractivity contribution >= 4 is 0 Å². The van der Waals surface area contributed by atoms with Gasteiger partial charge in [-0.15, -0.1) is 0 Å². The van der Waals surface area contributed by atoms with Crippen molar-refractivity contribution in [1.29, 1.82) is 0 Å². The van der Waals surface area contributed by atoms with Gasteiger partial charge in [-0.3, -0.25) is 0 Å². The van der Waals surface area contributed by atoms with Gasteiger partial charge in [0.2, 0.25) is 0 Å². The van der Waals surface area contributed by atoms with Crippen LogP contribution in [0.15, 0.2) is 66.7 Å². The zero-order chi connectivity index (χ0) is 18.9. The SMILES string of the molecule is COC1(c2cccc(Cc3cc4cccccc-4c3)c2)CC(C)CC(C)C1. The lowest BCUT2D eigenvalue weighted by Crippen LogP contribution is -2.37. The zero-order valence-electron chi connectivity index (χ0n) is 16.7. The van der Waals surface area contributed by atoms with Gasteiger partial charge < -0.3 is 4.74 Å². The lowest BCUT2D eigenvalue weighted by Gasteiger charge is -2.42. The van der Waals surface area contributed by atoms with E-state index in [-0.39, 0.29) is 5.60 Å². The maximum Gasteiger partial charge on any atom is 0.0932 e. The maximum atomic E-state index is 6.17. The molecule has 0 amide bonds. The van der Waals surface area contributed by atoms with E-state index >= 15 is 0 Å². The Balaban J connectivity index is 1.63. The number of hydrogen-bond acceptors (Lipinski definition) is 1. The molecule has 1 heteroatoms. The highest BCUT2D eigenvalue weighted by Gasteiger charge is 2.39. The van der Waals surface area contributed by atoms with E-state index in [2.05, 4.69) is 80.6 Å². The fraction of sp³-hybridized carbons (Fsp3) is 0.385. The highest BCUT2D eigenvalue weighted by Crippen LogP contribution is 2.45. The van der Waals surface area contributed by atoms with Crippen molar-refractivity contribution in [1.82, 2.24) is 0 Å². The van der Waals surface area contributed by atoms with Crippen LogP contribution in [0.4, 0.5) is 0 Å². The van der Waals surface area contributed by atoms with Crippen LogP contribution in [0.1, 0.15) is 49.8 Å². The zero-order valence-corrected chi connectivity index (χ0v) is 16.7. The number of rotatable bonds is 4. The second-order valence-corrected chi connectivity index (χ2v) is 8.61. The van der Waals surface area contributed by atoms with Gasteiger partial charge in [-0.25, -0.2) is 0 Å². The molecule has 2 atom stereocenters. The topological polar surface area (TPSA) is 9.23 Å². The molecule has 27 heavy (non-hydrogen) atoms. The van der Waals surface area contributed by atoms with Crippen molar-refractivity contribution in [2.45, 2.75) is 45.1 Å². The van der Waals surface area contributed by atoms with Crippen molar-refractivity contribution < 1.29 is 4.74 Å². The summed E-state index contributed by atoms with van der Waals surface area (Å²) in [6.45, 7) is 4.73. The van der Waals surface area contributed by atoms with Crippen LogP contribution in [0.3, 0.4) is 0 Å². The quantitative estimate of drug-likeness (QED) is 0.505. The van der Waals surface area contributed by atoms with Crippen molar-refractivity contribution in [2.75, 3.05) is 7.11 Å². The molecule has 140 valence electrons. The standard InChI is InChI=1S/C26H30O/c1-19-12-20(2)18-26(17-19,27-3)25-11-7-8-21(16-25)13-22-14-23-9-5-4-6-10-24(23)15-22/h4-11,14-16,19-20H,12-13,17-18H2,1-3H3. The maximum absolute atomic E-state index is 6.17. The van der Waals surface area contributed by atoms with Crippen molar-refractivity contribution in [3.05, 3.63) is 83.4 Å². The number of ether oxygens (including phenoxy) is 1. The highest BCUT2D eigenvalue weighted by atomic mass is 16.5. The summed E-state index contributed by atoms with van der Waals surface area (Å²) in [6, 6.07) is 24.4. The second kappa shape index (κ2) is 7.48. The molecule has 0 aliphatic heterocycles. The van der Waals surface area contributed by atoms with E-state index in [1.54, 1.807) is 0 Å². The first-order chi connectivity index (χ1) is 13.1. The van der Waals surface area contributed by atoms with E-state index < -0.39 is 0 Å². The Morgan fingerprint density at radius 3 is 2.11 bits per heavy atom. The molecule has 3 aliphatic carbocycles. The number of fused-ring (bicyclic) bond motifs is 1. The largest absolute Gasteiger partial charge is 0.374 e. The Labute approximate surface area is 163 Å². The first-order valence-electron chi connectivity index (χ1n) is 10.2. The summed E-state index contributed by atoms with van der Waals surface area (Å²) < 4.78 is 6.17. The molecule has 0 aromatic heterocycles. The van der Waals surface area contributed by atoms with Gasteiger partial charge >= 0.3 is 0 Å². The molecule has 0 spiro atoms. The second-order valence-electron chi connectivity index (χ2n) is 8.61. The van der Waals surface area contributed by atoms with Gasteiger partial charge in [0.05, 0.1) is 5.60 Å². The summed E-state index contributed by atoms with van der Waals surface area (Å²) >= 11 is 0. The van der Waals surface area contributed by atoms with Crippen LogP contribution >= 0.6 is 0 Å². The van der Waals surface area contributed by atoms with E-state index in [0.29, 0.717) is 11.8 Å². The van der Waals surface area contributed by atoms with Crippen LogP contribution in [-0.2, 0) is 16.8 Å². The molecule has 2 unspecified atom stereocenters. The fourth-order valence-corrected chi connectivity index (χ4v) is 5.16. The van der Waals surface area contributed by atoms with E-state index in [1.165, 1.54) is 34.2 Å². The summed E-state index contributed by atoms with van der Waals surface area (Å²) in [5.41, 5.74) is 6.60. The number of methoxy groups -OCH3 is 1. The van der Waals surface area contributed by atoms with Crippen LogP contribution in [0.25, 0.3) is 11.1 Å². The summed E-state index contributed by atoms with van der Waals surface area (Å²) in [7, 11) is 1.89. The molecule has 3 aliphatic rings. The summed E-state index contributed by atoms with van der Waals surface area (Å²) in [4.78, 5) is 0. The van der Waals surface area contributed by atoms with Gasteiger partial charge in [-0.1, -0.05) is 80.6 Å². The van der Waals surface area contributed by atoms with Crippen LogP contribution in [0, 0.1) is 11.8 Å². The Morgan fingerprint density at radius 2 is 1.48 bits per heavy atom. The molecule has 0 bridgehead atoms. The average molecular weight is 359 g/mol. The Bertz CT molecular complexity index is 840. The van der Waals surface area contributed by atoms with Crippen molar-refractivity contribution in [3.63, 3.8) is 0 Å². The summed E-state index contributed by atoms with van der Waals surface area (Å²) in [6.07, 6.45) is 4.52. The number of hydrogen-bond donors (Lipinski definition) is 0. The van der Waals surface area contributed by atoms with E-state index in [4.69, 9.17) is 4.74 Å². The predicted octanol–water partition coefficient (Wildman–Crippen LogP) is 6.68. The van der Waals surface area contributed by atoms with Gasteiger partial charge in [0.25, 0.3) is 0 Å². The monoisotopic (exact) mass is 358 g/mol. The molecule has 1 nitrogen and oxygen atoms in total. The van der Waals surface area contributed by atoms with Gasteiger partial charge in [0.1, 0.15) is 0 Å². The van der Waals surface area contributed by atoms with E-state index in [0.717, 1.165) is 19.3 Å². The minimum absolute atomic E-state index is 0.127. The highest BCUT2D eigenvalue weighted by molar-refractivity contribution is 5.68. The molecule has 0 heterocycles. The molecule has 0 N–H and O–H groups in total. The van der Waals surface area contributed by atoms with E-state index in [9.17, 15) is 0 Å². The average Bonchev–Trinajstić information content (AvgIpc) is 2.89. The predicted molar refractivity (Wildman–Crippen MR) is 113 cm³/mol. The lowest BCUT2D eigenvalue weighted by atomic mass is 9.70. The van der Waals surface area contributed by atoms with Gasteiger partial charge in [0.15, 0.2) is 0 Å². The van der Waals surface area contributed by atoms with Crippen LogP contribution in [-0.4, -0.2) is 7.11 Å². The van der Waals surface area contributed by atoms with E-state index in [1.807, 2.05) is 7.11 Å². The summed E-state index contributed by atoms with van der Waals surface area (Å²) in [5, 5.41) is 0. The van der Waals surface area contributed by atoms with Gasteiger partial charge in [-0.05, 0) is 65.3 Å². The minimum atomic E-state index is -0.127. The Hall–Kier alpha value is -2.12. The Morgan fingerprint density at radius 1 is 0.815 bits per heavy atom. The fourth-order valence-electron chi connectivity index (χ4n) is 5.16. The molecule has 0 radical (unpaired) electrons. The molecule has 0 saturated heterocycles. The molecular formula is C26H30O. The minimum Gasteiger partial charge on any atom is -0.374 e. The third-order valence-electron chi connectivity index (χ3n) is 6.20. The molecular weight excluding hydrogens is 328 g/mol. The molecule has 1 saturated carbocycles. The van der Waals surface area contributed by atoms with Gasteiger partial charge in [-0.2, -0.15) is 0 Å². The first kappa shape index (κ1) is 18.3.